The van der Waals surface area contributed by atoms with E-state index in [1.807, 2.05) is 0 Å². The van der Waals surface area contributed by atoms with Gasteiger partial charge in [0.25, 0.3) is 5.91 Å². The van der Waals surface area contributed by atoms with Crippen LogP contribution in [-0.2, 0) is 5.67 Å². The number of nitrogens with zero attached hydrogens (tertiary/aromatic N) is 1. The molecule has 0 saturated heterocycles. The molecule has 0 unspecified atom stereocenters. The summed E-state index contributed by atoms with van der Waals surface area (Å²) in [7, 11) is 0. The van der Waals surface area contributed by atoms with Crippen LogP contribution in [0.25, 0.3) is 10.9 Å². The fourth-order valence-electron chi connectivity index (χ4n) is 3.28. The largest absolute Gasteiger partial charge is 0.435 e. The van der Waals surface area contributed by atoms with Crippen molar-refractivity contribution in [1.82, 2.24) is 4.98 Å². The molecule has 0 bridgehead atoms. The third-order valence-corrected chi connectivity index (χ3v) is 5.08. The van der Waals surface area contributed by atoms with Gasteiger partial charge >= 0.3 is 18.0 Å². The van der Waals surface area contributed by atoms with Gasteiger partial charge in [0.1, 0.15) is 5.15 Å². The summed E-state index contributed by atoms with van der Waals surface area (Å²) in [5.41, 5.74) is -6.85. The van der Waals surface area contributed by atoms with Crippen LogP contribution in [-0.4, -0.2) is 23.2 Å². The molecule has 3 nitrogen and oxygen atoms in total. The van der Waals surface area contributed by atoms with E-state index in [1.54, 1.807) is 6.07 Å². The summed E-state index contributed by atoms with van der Waals surface area (Å²) in [6.45, 7) is 2.34. The second-order valence-corrected chi connectivity index (χ2v) is 7.52. The van der Waals surface area contributed by atoms with Gasteiger partial charge in [-0.1, -0.05) is 23.7 Å². The molecule has 0 fully saturated rings. The van der Waals surface area contributed by atoms with Crippen LogP contribution in [0.1, 0.15) is 27.0 Å². The SMILES string of the molecule is Cc1cc(C(F)(C(F)(F)F)C(F)(F)F)cc(C)c1NC(=O)c1ccc2nc(Cl)ccc2c1. The average molecular weight is 479 g/mol. The van der Waals surface area contributed by atoms with Crippen molar-refractivity contribution in [3.8, 4) is 0 Å². The summed E-state index contributed by atoms with van der Waals surface area (Å²) in [6.07, 6.45) is -12.5. The van der Waals surface area contributed by atoms with E-state index in [9.17, 15) is 35.5 Å². The quantitative estimate of drug-likeness (QED) is 0.324. The van der Waals surface area contributed by atoms with Gasteiger partial charge in [0.05, 0.1) is 5.52 Å². The topological polar surface area (TPSA) is 42.0 Å². The zero-order valence-electron chi connectivity index (χ0n) is 16.4. The van der Waals surface area contributed by atoms with Crippen LogP contribution in [0.2, 0.25) is 5.15 Å². The molecule has 0 radical (unpaired) electrons. The highest BCUT2D eigenvalue weighted by atomic mass is 35.5. The molecule has 3 aromatic rings. The Labute approximate surface area is 182 Å². The van der Waals surface area contributed by atoms with Crippen LogP contribution < -0.4 is 5.32 Å². The number of aryl methyl sites for hydroxylation is 2. The third-order valence-electron chi connectivity index (χ3n) is 4.87. The third kappa shape index (κ3) is 4.11. The molecule has 11 heteroatoms. The van der Waals surface area contributed by atoms with Crippen molar-refractivity contribution in [1.29, 1.82) is 0 Å². The fraction of sp³-hybridized carbons (Fsp3) is 0.238. The van der Waals surface area contributed by atoms with Gasteiger partial charge in [-0.25, -0.2) is 9.37 Å². The van der Waals surface area contributed by atoms with Crippen molar-refractivity contribution >= 4 is 34.1 Å². The van der Waals surface area contributed by atoms with Gasteiger partial charge in [-0.05, 0) is 55.3 Å². The molecule has 0 aliphatic rings. The van der Waals surface area contributed by atoms with E-state index < -0.39 is 29.5 Å². The number of hydrogen-bond acceptors (Lipinski definition) is 2. The molecule has 3 rings (SSSR count). The van der Waals surface area contributed by atoms with E-state index in [0.717, 1.165) is 0 Å². The van der Waals surface area contributed by atoms with Crippen molar-refractivity contribution in [2.24, 2.45) is 0 Å². The molecule has 1 aromatic heterocycles. The van der Waals surface area contributed by atoms with Gasteiger partial charge in [-0.15, -0.1) is 0 Å². The number of pyridine rings is 1. The molecule has 0 aliphatic heterocycles. The van der Waals surface area contributed by atoms with Gasteiger partial charge < -0.3 is 5.32 Å². The van der Waals surface area contributed by atoms with E-state index in [1.165, 1.54) is 38.1 Å². The highest BCUT2D eigenvalue weighted by Crippen LogP contribution is 2.53. The average Bonchev–Trinajstić information content (AvgIpc) is 2.67. The summed E-state index contributed by atoms with van der Waals surface area (Å²) < 4.78 is 92.7. The molecule has 0 aliphatic carbocycles. The van der Waals surface area contributed by atoms with Crippen LogP contribution in [0.3, 0.4) is 0 Å². The fourth-order valence-corrected chi connectivity index (χ4v) is 3.43. The molecule has 170 valence electrons. The lowest BCUT2D eigenvalue weighted by atomic mass is 9.90. The second-order valence-electron chi connectivity index (χ2n) is 7.13. The standard InChI is InChI=1S/C21H14ClF7N2O/c1-10-7-14(19(23,20(24,25)26)21(27,28)29)8-11(2)17(10)31-18(32)13-3-5-15-12(9-13)4-6-16(22)30-15/h3-9H,1-2H3,(H,31,32). The number of halogens is 8. The van der Waals surface area contributed by atoms with Crippen LogP contribution >= 0.6 is 11.6 Å². The Kier molecular flexibility index (Phi) is 5.88. The van der Waals surface area contributed by atoms with Crippen molar-refractivity contribution in [2.75, 3.05) is 5.32 Å². The van der Waals surface area contributed by atoms with E-state index in [4.69, 9.17) is 11.6 Å². The number of nitrogens with one attached hydrogen (secondary N) is 1. The Bertz CT molecular complexity index is 1170. The number of carbonyl (C=O) groups is 1. The summed E-state index contributed by atoms with van der Waals surface area (Å²) in [6, 6.07) is 8.45. The molecule has 32 heavy (non-hydrogen) atoms. The normalized spacial score (nSPS) is 12.8. The Morgan fingerprint density at radius 1 is 0.875 bits per heavy atom. The number of rotatable bonds is 3. The molecule has 0 spiro atoms. The van der Waals surface area contributed by atoms with Crippen molar-refractivity contribution in [3.05, 3.63) is 69.9 Å². The molecular formula is C21H14ClF7N2O. The van der Waals surface area contributed by atoms with Crippen molar-refractivity contribution < 1.29 is 35.5 Å². The predicted molar refractivity (Wildman–Crippen MR) is 106 cm³/mol. The maximum atomic E-state index is 14.4. The minimum Gasteiger partial charge on any atom is -0.322 e. The molecular weight excluding hydrogens is 465 g/mol. The van der Waals surface area contributed by atoms with Crippen LogP contribution in [0.4, 0.5) is 36.4 Å². The Hall–Kier alpha value is -2.88. The number of aromatic nitrogens is 1. The van der Waals surface area contributed by atoms with Crippen LogP contribution in [0.5, 0.6) is 0 Å². The van der Waals surface area contributed by atoms with Gasteiger partial charge in [0.15, 0.2) is 0 Å². The Morgan fingerprint density at radius 3 is 1.97 bits per heavy atom. The smallest absolute Gasteiger partial charge is 0.322 e. The van der Waals surface area contributed by atoms with Crippen LogP contribution in [0, 0.1) is 13.8 Å². The van der Waals surface area contributed by atoms with E-state index in [2.05, 4.69) is 10.3 Å². The first-order chi connectivity index (χ1) is 14.6. The number of alkyl halides is 7. The molecule has 0 saturated carbocycles. The van der Waals surface area contributed by atoms with Gasteiger partial charge in [0.2, 0.25) is 0 Å². The first-order valence-corrected chi connectivity index (χ1v) is 9.34. The monoisotopic (exact) mass is 478 g/mol. The summed E-state index contributed by atoms with van der Waals surface area (Å²) in [5.74, 6) is -0.668. The first-order valence-electron chi connectivity index (χ1n) is 8.97. The number of carbonyl (C=O) groups excluding carboxylic acids is 1. The lowest BCUT2D eigenvalue weighted by molar-refractivity contribution is -0.348. The van der Waals surface area contributed by atoms with Gasteiger partial charge in [-0.3, -0.25) is 4.79 Å². The highest BCUT2D eigenvalue weighted by molar-refractivity contribution is 6.29. The Morgan fingerprint density at radius 2 is 1.44 bits per heavy atom. The Balaban J connectivity index is 1.98. The second kappa shape index (κ2) is 7.91. The van der Waals surface area contributed by atoms with Gasteiger partial charge in [-0.2, -0.15) is 26.3 Å². The summed E-state index contributed by atoms with van der Waals surface area (Å²) in [4.78, 5) is 16.7. The maximum Gasteiger partial charge on any atom is 0.435 e. The molecule has 1 heterocycles. The van der Waals surface area contributed by atoms with E-state index in [0.29, 0.717) is 23.0 Å². The number of fused-ring (bicyclic) bond motifs is 1. The molecule has 1 N–H and O–H groups in total. The number of anilines is 1. The minimum atomic E-state index is -6.23. The number of hydrogen-bond donors (Lipinski definition) is 1. The molecule has 0 atom stereocenters. The molecule has 2 aromatic carbocycles. The van der Waals surface area contributed by atoms with E-state index in [-0.39, 0.29) is 27.5 Å². The molecule has 1 amide bonds. The lowest BCUT2D eigenvalue weighted by Crippen LogP contribution is -2.50. The predicted octanol–water partition coefficient (Wildman–Crippen LogP) is 7.05. The van der Waals surface area contributed by atoms with Crippen LogP contribution in [0.15, 0.2) is 42.5 Å². The summed E-state index contributed by atoms with van der Waals surface area (Å²) in [5, 5.41) is 3.30. The minimum absolute atomic E-state index is 0.0280. The van der Waals surface area contributed by atoms with Crippen molar-refractivity contribution in [3.63, 3.8) is 0 Å². The summed E-state index contributed by atoms with van der Waals surface area (Å²) >= 11 is 5.81. The number of benzene rings is 2. The van der Waals surface area contributed by atoms with E-state index >= 15 is 0 Å². The number of amides is 1. The zero-order valence-corrected chi connectivity index (χ0v) is 17.2. The lowest BCUT2D eigenvalue weighted by Gasteiger charge is -2.31. The zero-order chi connectivity index (χ0) is 24.1. The maximum absolute atomic E-state index is 14.4. The first kappa shape index (κ1) is 23.8. The highest BCUT2D eigenvalue weighted by Gasteiger charge is 2.73. The van der Waals surface area contributed by atoms with Crippen molar-refractivity contribution in [2.45, 2.75) is 31.9 Å². The van der Waals surface area contributed by atoms with Gasteiger partial charge in [0, 0.05) is 22.2 Å².